The first kappa shape index (κ1) is 14.7. The summed E-state index contributed by atoms with van der Waals surface area (Å²) in [6, 6.07) is 9.28. The minimum atomic E-state index is -0.194. The number of rotatable bonds is 6. The molecule has 0 amide bonds. The van der Waals surface area contributed by atoms with Gasteiger partial charge in [0, 0.05) is 38.4 Å². The zero-order valence-corrected chi connectivity index (χ0v) is 13.1. The molecule has 110 valence electrons. The van der Waals surface area contributed by atoms with Gasteiger partial charge in [-0.1, -0.05) is 12.1 Å². The van der Waals surface area contributed by atoms with Crippen molar-refractivity contribution in [3.05, 3.63) is 56.8 Å². The lowest BCUT2D eigenvalue weighted by molar-refractivity contribution is 0.125. The summed E-state index contributed by atoms with van der Waals surface area (Å²) in [6.07, 6.45) is 0.889. The summed E-state index contributed by atoms with van der Waals surface area (Å²) < 4.78 is 20.7. The van der Waals surface area contributed by atoms with Gasteiger partial charge < -0.3 is 10.5 Å². The highest BCUT2D eigenvalue weighted by Crippen LogP contribution is 2.33. The molecule has 0 unspecified atom stereocenters. The van der Waals surface area contributed by atoms with Gasteiger partial charge in [-0.3, -0.25) is 0 Å². The molecule has 0 atom stereocenters. The molecule has 0 aliphatic carbocycles. The molecule has 0 spiro atoms. The van der Waals surface area contributed by atoms with E-state index in [0.29, 0.717) is 25.1 Å². The smallest absolute Gasteiger partial charge is 0.132 e. The highest BCUT2D eigenvalue weighted by Gasteiger charge is 2.14. The van der Waals surface area contributed by atoms with E-state index in [1.165, 1.54) is 10.9 Å². The van der Waals surface area contributed by atoms with Gasteiger partial charge in [-0.05, 0) is 23.6 Å². The fourth-order valence-electron chi connectivity index (χ4n) is 2.34. The van der Waals surface area contributed by atoms with Gasteiger partial charge in [-0.15, -0.1) is 22.7 Å². The third-order valence-corrected chi connectivity index (χ3v) is 5.51. The van der Waals surface area contributed by atoms with Gasteiger partial charge in [0.25, 0.3) is 0 Å². The third-order valence-electron chi connectivity index (χ3n) is 3.35. The quantitative estimate of drug-likeness (QED) is 0.686. The maximum atomic E-state index is 14.0. The van der Waals surface area contributed by atoms with Gasteiger partial charge in [0.2, 0.25) is 0 Å². The number of benzene rings is 1. The lowest BCUT2D eigenvalue weighted by Crippen LogP contribution is -2.02. The van der Waals surface area contributed by atoms with Crippen molar-refractivity contribution >= 4 is 32.8 Å². The molecule has 0 aliphatic heterocycles. The lowest BCUT2D eigenvalue weighted by Gasteiger charge is -2.05. The summed E-state index contributed by atoms with van der Waals surface area (Å²) in [4.78, 5) is 2.31. The van der Waals surface area contributed by atoms with Gasteiger partial charge in [0.1, 0.15) is 5.82 Å². The zero-order valence-electron chi connectivity index (χ0n) is 11.5. The van der Waals surface area contributed by atoms with Crippen molar-refractivity contribution in [3.8, 4) is 0 Å². The molecule has 1 aromatic carbocycles. The van der Waals surface area contributed by atoms with E-state index in [-0.39, 0.29) is 5.82 Å². The van der Waals surface area contributed by atoms with Crippen molar-refractivity contribution in [1.82, 2.24) is 0 Å². The van der Waals surface area contributed by atoms with Crippen LogP contribution in [0.25, 0.3) is 10.1 Å². The van der Waals surface area contributed by atoms with Crippen LogP contribution >= 0.6 is 22.7 Å². The minimum Gasteiger partial charge on any atom is -0.376 e. The van der Waals surface area contributed by atoms with Crippen LogP contribution in [0.1, 0.15) is 15.3 Å². The van der Waals surface area contributed by atoms with Gasteiger partial charge in [0.05, 0.1) is 13.2 Å². The largest absolute Gasteiger partial charge is 0.376 e. The Morgan fingerprint density at radius 3 is 2.86 bits per heavy atom. The fraction of sp³-hybridized carbons (Fsp3) is 0.250. The molecule has 0 saturated heterocycles. The number of ether oxygens (including phenoxy) is 1. The van der Waals surface area contributed by atoms with Crippen LogP contribution in [-0.4, -0.2) is 6.61 Å². The highest BCUT2D eigenvalue weighted by molar-refractivity contribution is 7.19. The molecule has 21 heavy (non-hydrogen) atoms. The van der Waals surface area contributed by atoms with Gasteiger partial charge >= 0.3 is 0 Å². The van der Waals surface area contributed by atoms with Crippen molar-refractivity contribution in [2.75, 3.05) is 6.61 Å². The molecule has 0 fully saturated rings. The Balaban J connectivity index is 1.73. The molecule has 0 saturated carbocycles. The van der Waals surface area contributed by atoms with Crippen LogP contribution < -0.4 is 5.73 Å². The Morgan fingerprint density at radius 2 is 2.10 bits per heavy atom. The second kappa shape index (κ2) is 6.66. The van der Waals surface area contributed by atoms with E-state index in [9.17, 15) is 4.39 Å². The summed E-state index contributed by atoms with van der Waals surface area (Å²) in [7, 11) is 0. The third kappa shape index (κ3) is 3.16. The molecule has 2 N–H and O–H groups in total. The van der Waals surface area contributed by atoms with E-state index in [1.54, 1.807) is 28.7 Å². The Kier molecular flexibility index (Phi) is 4.65. The summed E-state index contributed by atoms with van der Waals surface area (Å²) in [5.74, 6) is -0.194. The lowest BCUT2D eigenvalue weighted by atomic mass is 10.1. The first-order chi connectivity index (χ1) is 10.3. The minimum absolute atomic E-state index is 0.194. The van der Waals surface area contributed by atoms with Crippen molar-refractivity contribution in [1.29, 1.82) is 0 Å². The van der Waals surface area contributed by atoms with E-state index in [1.807, 2.05) is 12.1 Å². The van der Waals surface area contributed by atoms with Crippen molar-refractivity contribution < 1.29 is 9.13 Å². The SMILES string of the molecule is NCc1sc2cccc(F)c2c1COCCc1cccs1. The Morgan fingerprint density at radius 1 is 1.19 bits per heavy atom. The fourth-order valence-corrected chi connectivity index (χ4v) is 4.13. The molecule has 2 heterocycles. The Labute approximate surface area is 131 Å². The predicted octanol–water partition coefficient (Wildman–Crippen LogP) is 4.32. The van der Waals surface area contributed by atoms with E-state index in [4.69, 9.17) is 10.5 Å². The Bertz CT molecular complexity index is 721. The normalized spacial score (nSPS) is 11.3. The van der Waals surface area contributed by atoms with Crippen LogP contribution in [0, 0.1) is 5.82 Å². The molecule has 3 rings (SSSR count). The average molecular weight is 321 g/mol. The summed E-state index contributed by atoms with van der Waals surface area (Å²) in [5, 5.41) is 2.72. The van der Waals surface area contributed by atoms with Crippen LogP contribution in [0.2, 0.25) is 0 Å². The maximum Gasteiger partial charge on any atom is 0.132 e. The predicted molar refractivity (Wildman–Crippen MR) is 87.4 cm³/mol. The number of hydrogen-bond acceptors (Lipinski definition) is 4. The van der Waals surface area contributed by atoms with Crippen molar-refractivity contribution in [3.63, 3.8) is 0 Å². The number of halogens is 1. The van der Waals surface area contributed by atoms with Crippen LogP contribution in [0.15, 0.2) is 35.7 Å². The first-order valence-electron chi connectivity index (χ1n) is 6.78. The molecular formula is C16H16FNOS2. The van der Waals surface area contributed by atoms with Crippen molar-refractivity contribution in [2.24, 2.45) is 5.73 Å². The average Bonchev–Trinajstić information content (AvgIpc) is 3.11. The van der Waals surface area contributed by atoms with Crippen molar-refractivity contribution in [2.45, 2.75) is 19.6 Å². The highest BCUT2D eigenvalue weighted by atomic mass is 32.1. The molecule has 0 radical (unpaired) electrons. The second-order valence-corrected chi connectivity index (χ2v) is 6.87. The van der Waals surface area contributed by atoms with Crippen LogP contribution in [-0.2, 0) is 24.3 Å². The number of hydrogen-bond donors (Lipinski definition) is 1. The summed E-state index contributed by atoms with van der Waals surface area (Å²) in [6.45, 7) is 1.47. The maximum absolute atomic E-state index is 14.0. The van der Waals surface area contributed by atoms with Gasteiger partial charge in [0.15, 0.2) is 0 Å². The molecule has 2 aromatic heterocycles. The summed E-state index contributed by atoms with van der Waals surface area (Å²) >= 11 is 3.28. The second-order valence-electron chi connectivity index (χ2n) is 4.70. The van der Waals surface area contributed by atoms with E-state index in [2.05, 4.69) is 11.4 Å². The standard InChI is InChI=1S/C16H16FNOS2/c17-13-4-1-5-14-16(13)12(15(9-18)21-14)10-19-7-6-11-3-2-8-20-11/h1-5,8H,6-7,9-10,18H2. The molecule has 0 aliphatic rings. The Hall–Kier alpha value is -1.27. The van der Waals surface area contributed by atoms with Gasteiger partial charge in [-0.2, -0.15) is 0 Å². The molecule has 2 nitrogen and oxygen atoms in total. The number of fused-ring (bicyclic) bond motifs is 1. The monoisotopic (exact) mass is 321 g/mol. The van der Waals surface area contributed by atoms with E-state index < -0.39 is 0 Å². The molecule has 3 aromatic rings. The molecule has 5 heteroatoms. The van der Waals surface area contributed by atoms with Crippen LogP contribution in [0.3, 0.4) is 0 Å². The number of thiophene rings is 2. The van der Waals surface area contributed by atoms with Crippen LogP contribution in [0.4, 0.5) is 4.39 Å². The van der Waals surface area contributed by atoms with Crippen LogP contribution in [0.5, 0.6) is 0 Å². The number of nitrogens with two attached hydrogens (primary N) is 1. The van der Waals surface area contributed by atoms with E-state index in [0.717, 1.165) is 21.6 Å². The van der Waals surface area contributed by atoms with E-state index >= 15 is 0 Å². The molecule has 0 bridgehead atoms. The summed E-state index contributed by atoms with van der Waals surface area (Å²) in [5.41, 5.74) is 6.68. The van der Waals surface area contributed by atoms with Gasteiger partial charge in [-0.25, -0.2) is 4.39 Å². The topological polar surface area (TPSA) is 35.2 Å². The molecular weight excluding hydrogens is 305 g/mol. The first-order valence-corrected chi connectivity index (χ1v) is 8.48. The zero-order chi connectivity index (χ0) is 14.7.